The molecular formula is C20H16FN3. The van der Waals surface area contributed by atoms with E-state index in [1.807, 2.05) is 36.4 Å². The normalized spacial score (nSPS) is 11.0. The van der Waals surface area contributed by atoms with Crippen LogP contribution in [-0.2, 0) is 6.54 Å². The van der Waals surface area contributed by atoms with Crippen molar-refractivity contribution in [3.63, 3.8) is 0 Å². The lowest BCUT2D eigenvalue weighted by molar-refractivity contribution is 0.628. The number of benzene rings is 3. The summed E-state index contributed by atoms with van der Waals surface area (Å²) in [5.74, 6) is 0.524. The van der Waals surface area contributed by atoms with E-state index >= 15 is 0 Å². The zero-order valence-electron chi connectivity index (χ0n) is 13.0. The first-order valence-electron chi connectivity index (χ1n) is 7.77. The van der Waals surface area contributed by atoms with Crippen LogP contribution in [0.4, 0.5) is 10.1 Å². The number of hydrogen-bond donors (Lipinski definition) is 1. The third kappa shape index (κ3) is 2.52. The molecule has 1 aromatic heterocycles. The Hall–Kier alpha value is -3.14. The van der Waals surface area contributed by atoms with E-state index < -0.39 is 0 Å². The molecule has 0 spiro atoms. The fraction of sp³-hybridized carbons (Fsp3) is 0.0500. The van der Waals surface area contributed by atoms with E-state index in [1.165, 1.54) is 17.7 Å². The average Bonchev–Trinajstić information content (AvgIpc) is 2.97. The van der Waals surface area contributed by atoms with Crippen LogP contribution in [-0.4, -0.2) is 9.55 Å². The Balaban J connectivity index is 1.93. The summed E-state index contributed by atoms with van der Waals surface area (Å²) in [6.45, 7) is 0.674. The summed E-state index contributed by atoms with van der Waals surface area (Å²) in [5, 5.41) is 0. The summed E-state index contributed by atoms with van der Waals surface area (Å²) in [5.41, 5.74) is 10.5. The second kappa shape index (κ2) is 5.81. The van der Waals surface area contributed by atoms with Gasteiger partial charge in [0, 0.05) is 12.1 Å². The minimum Gasteiger partial charge on any atom is -0.397 e. The summed E-state index contributed by atoms with van der Waals surface area (Å²) >= 11 is 0. The highest BCUT2D eigenvalue weighted by Crippen LogP contribution is 2.29. The molecule has 1 heterocycles. The molecule has 0 unspecified atom stereocenters. The van der Waals surface area contributed by atoms with Crippen molar-refractivity contribution in [2.45, 2.75) is 6.54 Å². The molecule has 0 aliphatic heterocycles. The van der Waals surface area contributed by atoms with Crippen LogP contribution in [0.15, 0.2) is 72.8 Å². The molecule has 0 amide bonds. The van der Waals surface area contributed by atoms with Crippen molar-refractivity contribution in [3.8, 4) is 11.4 Å². The smallest absolute Gasteiger partial charge is 0.141 e. The van der Waals surface area contributed by atoms with Gasteiger partial charge in [-0.2, -0.15) is 0 Å². The highest BCUT2D eigenvalue weighted by Gasteiger charge is 2.14. The lowest BCUT2D eigenvalue weighted by Crippen LogP contribution is -2.02. The fourth-order valence-electron chi connectivity index (χ4n) is 2.91. The molecule has 118 valence electrons. The van der Waals surface area contributed by atoms with Crippen molar-refractivity contribution in [2.24, 2.45) is 0 Å². The van der Waals surface area contributed by atoms with E-state index in [0.717, 1.165) is 22.4 Å². The van der Waals surface area contributed by atoms with Crippen LogP contribution < -0.4 is 5.73 Å². The van der Waals surface area contributed by atoms with Gasteiger partial charge >= 0.3 is 0 Å². The van der Waals surface area contributed by atoms with Crippen LogP contribution in [0.3, 0.4) is 0 Å². The summed E-state index contributed by atoms with van der Waals surface area (Å²) in [4.78, 5) is 4.72. The quantitative estimate of drug-likeness (QED) is 0.566. The largest absolute Gasteiger partial charge is 0.397 e. The number of anilines is 1. The lowest BCUT2D eigenvalue weighted by atomic mass is 10.2. The molecule has 0 aliphatic rings. The Labute approximate surface area is 139 Å². The molecule has 0 fully saturated rings. The van der Waals surface area contributed by atoms with Gasteiger partial charge in [-0.25, -0.2) is 9.37 Å². The molecule has 3 nitrogen and oxygen atoms in total. The Kier molecular flexibility index (Phi) is 3.50. The van der Waals surface area contributed by atoms with Crippen LogP contribution >= 0.6 is 0 Å². The zero-order chi connectivity index (χ0) is 16.5. The molecule has 4 heteroatoms. The van der Waals surface area contributed by atoms with Gasteiger partial charge in [0.1, 0.15) is 17.2 Å². The number of fused-ring (bicyclic) bond motifs is 1. The molecule has 3 aromatic carbocycles. The van der Waals surface area contributed by atoms with Gasteiger partial charge in [-0.1, -0.05) is 36.4 Å². The number of hydrogen-bond acceptors (Lipinski definition) is 2. The number of rotatable bonds is 3. The van der Waals surface area contributed by atoms with E-state index in [0.29, 0.717) is 12.2 Å². The predicted octanol–water partition coefficient (Wildman–Crippen LogP) is 4.47. The van der Waals surface area contributed by atoms with Gasteiger partial charge in [-0.3, -0.25) is 0 Å². The number of nitrogen functional groups attached to an aromatic ring is 1. The maximum atomic E-state index is 13.3. The van der Waals surface area contributed by atoms with Gasteiger partial charge in [0.25, 0.3) is 0 Å². The summed E-state index contributed by atoms with van der Waals surface area (Å²) < 4.78 is 15.4. The first-order chi connectivity index (χ1) is 11.7. The third-order valence-corrected chi connectivity index (χ3v) is 4.10. The van der Waals surface area contributed by atoms with Crippen LogP contribution in [0, 0.1) is 5.82 Å². The standard InChI is InChI=1S/C20H16FN3/c21-16-11-9-15(10-12-16)20-23-19-17(22)7-4-8-18(19)24(20)13-14-5-2-1-3-6-14/h1-12H,13,22H2. The molecule has 0 radical (unpaired) electrons. The summed E-state index contributed by atoms with van der Waals surface area (Å²) in [6, 6.07) is 22.3. The maximum Gasteiger partial charge on any atom is 0.141 e. The van der Waals surface area contributed by atoms with Crippen LogP contribution in [0.25, 0.3) is 22.4 Å². The number of aromatic nitrogens is 2. The molecule has 0 saturated carbocycles. The van der Waals surface area contributed by atoms with Crippen molar-refractivity contribution >= 4 is 16.7 Å². The number of nitrogens with two attached hydrogens (primary N) is 1. The minimum absolute atomic E-state index is 0.260. The number of imidazole rings is 1. The van der Waals surface area contributed by atoms with Gasteiger partial charge in [0.15, 0.2) is 0 Å². The van der Waals surface area contributed by atoms with Gasteiger partial charge in [0.2, 0.25) is 0 Å². The van der Waals surface area contributed by atoms with E-state index in [4.69, 9.17) is 10.7 Å². The highest BCUT2D eigenvalue weighted by atomic mass is 19.1. The second-order valence-electron chi connectivity index (χ2n) is 5.73. The Morgan fingerprint density at radius 3 is 2.38 bits per heavy atom. The van der Waals surface area contributed by atoms with Crippen LogP contribution in [0.1, 0.15) is 5.56 Å². The SMILES string of the molecule is Nc1cccc2c1nc(-c1ccc(F)cc1)n2Cc1ccccc1. The topological polar surface area (TPSA) is 43.8 Å². The maximum absolute atomic E-state index is 13.3. The van der Waals surface area contributed by atoms with E-state index in [1.54, 1.807) is 12.1 Å². The van der Waals surface area contributed by atoms with Crippen molar-refractivity contribution in [3.05, 3.63) is 84.2 Å². The molecular weight excluding hydrogens is 301 g/mol. The number of para-hydroxylation sites is 1. The number of halogens is 1. The molecule has 4 rings (SSSR count). The van der Waals surface area contributed by atoms with Crippen molar-refractivity contribution in [1.29, 1.82) is 0 Å². The van der Waals surface area contributed by atoms with E-state index in [-0.39, 0.29) is 5.82 Å². The first-order valence-corrected chi connectivity index (χ1v) is 7.77. The van der Waals surface area contributed by atoms with Crippen LogP contribution in [0.5, 0.6) is 0 Å². The molecule has 0 aliphatic carbocycles. The van der Waals surface area contributed by atoms with E-state index in [2.05, 4.69) is 16.7 Å². The molecule has 4 aromatic rings. The van der Waals surface area contributed by atoms with Crippen molar-refractivity contribution in [1.82, 2.24) is 9.55 Å². The summed E-state index contributed by atoms with van der Waals surface area (Å²) in [6.07, 6.45) is 0. The highest BCUT2D eigenvalue weighted by molar-refractivity contribution is 5.90. The molecule has 0 bridgehead atoms. The van der Waals surface area contributed by atoms with Crippen molar-refractivity contribution < 1.29 is 4.39 Å². The van der Waals surface area contributed by atoms with Gasteiger partial charge in [0.05, 0.1) is 11.2 Å². The summed E-state index contributed by atoms with van der Waals surface area (Å²) in [7, 11) is 0. The predicted molar refractivity (Wildman–Crippen MR) is 95.1 cm³/mol. The molecule has 2 N–H and O–H groups in total. The number of nitrogens with zero attached hydrogens (tertiary/aromatic N) is 2. The zero-order valence-corrected chi connectivity index (χ0v) is 13.0. The van der Waals surface area contributed by atoms with E-state index in [9.17, 15) is 4.39 Å². The monoisotopic (exact) mass is 317 g/mol. The minimum atomic E-state index is -0.260. The lowest BCUT2D eigenvalue weighted by Gasteiger charge is -2.10. The molecule has 0 saturated heterocycles. The second-order valence-corrected chi connectivity index (χ2v) is 5.73. The Morgan fingerprint density at radius 1 is 0.875 bits per heavy atom. The third-order valence-electron chi connectivity index (χ3n) is 4.10. The average molecular weight is 317 g/mol. The first kappa shape index (κ1) is 14.5. The van der Waals surface area contributed by atoms with Crippen LogP contribution in [0.2, 0.25) is 0 Å². The molecule has 0 atom stereocenters. The van der Waals surface area contributed by atoms with Crippen molar-refractivity contribution in [2.75, 3.05) is 5.73 Å². The Bertz CT molecular complexity index is 989. The van der Waals surface area contributed by atoms with Gasteiger partial charge in [-0.15, -0.1) is 0 Å². The van der Waals surface area contributed by atoms with Gasteiger partial charge < -0.3 is 10.3 Å². The fourth-order valence-corrected chi connectivity index (χ4v) is 2.91. The Morgan fingerprint density at radius 2 is 1.62 bits per heavy atom. The molecule has 24 heavy (non-hydrogen) atoms. The van der Waals surface area contributed by atoms with Gasteiger partial charge in [-0.05, 0) is 42.0 Å².